The maximum atomic E-state index is 6.39. The first kappa shape index (κ1) is 16.2. The van der Waals surface area contributed by atoms with Gasteiger partial charge in [0.05, 0.1) is 17.8 Å². The van der Waals surface area contributed by atoms with Crippen LogP contribution in [0, 0.1) is 5.92 Å². The van der Waals surface area contributed by atoms with Crippen LogP contribution in [-0.2, 0) is 13.8 Å². The quantitative estimate of drug-likeness (QED) is 0.591. The highest BCUT2D eigenvalue weighted by Crippen LogP contribution is 2.60. The van der Waals surface area contributed by atoms with Crippen molar-refractivity contribution in [3.8, 4) is 0 Å². The normalized spacial score (nSPS) is 51.2. The molecule has 2 heterocycles. The summed E-state index contributed by atoms with van der Waals surface area (Å²) in [6, 6.07) is 0.268. The Balaban J connectivity index is 1.70. The summed E-state index contributed by atoms with van der Waals surface area (Å²) >= 11 is 0. The van der Waals surface area contributed by atoms with Crippen LogP contribution in [0.1, 0.15) is 52.9 Å². The Morgan fingerprint density at radius 1 is 1.43 bits per heavy atom. The Hall–Kier alpha value is 0.335. The molecule has 2 saturated heterocycles. The van der Waals surface area contributed by atoms with Gasteiger partial charge in [-0.1, -0.05) is 26.7 Å². The summed E-state index contributed by atoms with van der Waals surface area (Å²) in [6.07, 6.45) is 5.96. The van der Waals surface area contributed by atoms with Crippen molar-refractivity contribution < 1.29 is 13.8 Å². The van der Waals surface area contributed by atoms with E-state index in [0.717, 1.165) is 12.8 Å². The van der Waals surface area contributed by atoms with Crippen LogP contribution in [0.15, 0.2) is 0 Å². The summed E-state index contributed by atoms with van der Waals surface area (Å²) in [7, 11) is 7.19. The van der Waals surface area contributed by atoms with Gasteiger partial charge < -0.3 is 13.8 Å². The van der Waals surface area contributed by atoms with Crippen molar-refractivity contribution in [2.45, 2.75) is 82.7 Å². The number of nitrogens with zero attached hydrogens (tertiary/aromatic N) is 1. The number of hydrogen-bond acceptors (Lipinski definition) is 4. The van der Waals surface area contributed by atoms with Crippen LogP contribution in [0.2, 0.25) is 0 Å². The van der Waals surface area contributed by atoms with E-state index in [2.05, 4.69) is 32.5 Å². The van der Waals surface area contributed by atoms with E-state index in [0.29, 0.717) is 6.04 Å². The van der Waals surface area contributed by atoms with Crippen LogP contribution in [0.4, 0.5) is 0 Å². The molecule has 0 aromatic heterocycles. The summed E-state index contributed by atoms with van der Waals surface area (Å²) in [5.41, 5.74) is -0.0365. The van der Waals surface area contributed by atoms with Gasteiger partial charge in [0.2, 0.25) is 0 Å². The van der Waals surface area contributed by atoms with Gasteiger partial charge in [0.1, 0.15) is 7.85 Å². The van der Waals surface area contributed by atoms with Gasteiger partial charge in [-0.3, -0.25) is 0 Å². The van der Waals surface area contributed by atoms with E-state index in [4.69, 9.17) is 21.6 Å². The minimum absolute atomic E-state index is 0.0365. The molecule has 4 nitrogen and oxygen atoms in total. The molecule has 3 rings (SSSR count). The molecule has 3 aliphatic rings. The van der Waals surface area contributed by atoms with Crippen LogP contribution in [0.25, 0.3) is 0 Å². The van der Waals surface area contributed by atoms with E-state index >= 15 is 0 Å². The summed E-state index contributed by atoms with van der Waals surface area (Å²) in [5.74, 6) is 0.213. The first-order valence-corrected chi connectivity index (χ1v) is 9.39. The van der Waals surface area contributed by atoms with Gasteiger partial charge in [0, 0.05) is 18.0 Å². The Bertz CT molecular complexity index is 388. The molecule has 0 aromatic carbocycles. The van der Waals surface area contributed by atoms with Crippen molar-refractivity contribution in [3.05, 3.63) is 0 Å². The fourth-order valence-electron chi connectivity index (χ4n) is 3.95. The van der Waals surface area contributed by atoms with Crippen LogP contribution in [-0.4, -0.2) is 49.4 Å². The van der Waals surface area contributed by atoms with Crippen LogP contribution >= 0.6 is 8.53 Å². The lowest BCUT2D eigenvalue weighted by Crippen LogP contribution is -2.43. The average Bonchev–Trinajstić information content (AvgIpc) is 2.87. The number of hydrogen-bond donors (Lipinski definition) is 0. The van der Waals surface area contributed by atoms with E-state index in [1.807, 2.05) is 0 Å². The van der Waals surface area contributed by atoms with E-state index in [9.17, 15) is 0 Å². The van der Waals surface area contributed by atoms with Gasteiger partial charge in [-0.05, 0) is 33.2 Å². The molecule has 0 bridgehead atoms. The molecular weight excluding hydrogens is 284 g/mol. The van der Waals surface area contributed by atoms with Crippen LogP contribution < -0.4 is 0 Å². The zero-order chi connectivity index (χ0) is 15.2. The maximum absolute atomic E-state index is 6.39. The maximum Gasteiger partial charge on any atom is 0.259 e. The summed E-state index contributed by atoms with van der Waals surface area (Å²) in [6.45, 7) is 6.49. The van der Waals surface area contributed by atoms with E-state index in [1.54, 1.807) is 0 Å². The first-order chi connectivity index (χ1) is 9.96. The fraction of sp³-hybridized carbons (Fsp3) is 1.00. The van der Waals surface area contributed by atoms with E-state index in [1.165, 1.54) is 19.3 Å². The second-order valence-corrected chi connectivity index (χ2v) is 8.45. The predicted octanol–water partition coefficient (Wildman–Crippen LogP) is 3.20. The fourth-order valence-corrected chi connectivity index (χ4v) is 5.97. The standard InChI is InChI=1S/C15H27BNO3P/c1-5-11-13(10(2)14(16)18-11)19-21-17(4)12-8-6-7-9-15(12,3)20-21/h10-14H,5-9H2,1-4H3/t10?,11-,12+,13-,14-,15+,21+/m1/s1. The van der Waals surface area contributed by atoms with Crippen molar-refractivity contribution in [3.63, 3.8) is 0 Å². The third-order valence-electron chi connectivity index (χ3n) is 5.45. The van der Waals surface area contributed by atoms with E-state index in [-0.39, 0.29) is 29.7 Å². The lowest BCUT2D eigenvalue weighted by molar-refractivity contribution is 0.0225. The topological polar surface area (TPSA) is 30.9 Å². The Kier molecular flexibility index (Phi) is 4.70. The molecule has 0 N–H and O–H groups in total. The van der Waals surface area contributed by atoms with Crippen molar-refractivity contribution in [2.75, 3.05) is 7.05 Å². The van der Waals surface area contributed by atoms with Crippen molar-refractivity contribution >= 4 is 16.4 Å². The first-order valence-electron chi connectivity index (χ1n) is 8.26. The molecule has 7 atom stereocenters. The van der Waals surface area contributed by atoms with Crippen LogP contribution in [0.3, 0.4) is 0 Å². The van der Waals surface area contributed by atoms with Gasteiger partial charge in [-0.2, -0.15) is 0 Å². The summed E-state index contributed by atoms with van der Waals surface area (Å²) < 4.78 is 20.9. The molecule has 118 valence electrons. The molecule has 0 amide bonds. The van der Waals surface area contributed by atoms with E-state index < -0.39 is 8.53 Å². The van der Waals surface area contributed by atoms with Gasteiger partial charge in [-0.25, -0.2) is 4.67 Å². The molecule has 1 aliphatic carbocycles. The monoisotopic (exact) mass is 311 g/mol. The molecule has 2 aliphatic heterocycles. The lowest BCUT2D eigenvalue weighted by Gasteiger charge is -2.35. The average molecular weight is 311 g/mol. The molecular formula is C15H27BNO3P. The minimum atomic E-state index is -0.996. The van der Waals surface area contributed by atoms with Crippen molar-refractivity contribution in [2.24, 2.45) is 5.92 Å². The second-order valence-electron chi connectivity index (χ2n) is 6.95. The summed E-state index contributed by atoms with van der Waals surface area (Å²) in [5, 5.41) is 0. The van der Waals surface area contributed by atoms with Gasteiger partial charge >= 0.3 is 0 Å². The molecule has 3 fully saturated rings. The molecule has 2 radical (unpaired) electrons. The third kappa shape index (κ3) is 2.81. The van der Waals surface area contributed by atoms with Crippen LogP contribution in [0.5, 0.6) is 0 Å². The Morgan fingerprint density at radius 3 is 2.86 bits per heavy atom. The smallest absolute Gasteiger partial charge is 0.259 e. The van der Waals surface area contributed by atoms with Gasteiger partial charge in [0.25, 0.3) is 8.53 Å². The molecule has 6 heteroatoms. The predicted molar refractivity (Wildman–Crippen MR) is 85.2 cm³/mol. The number of likely N-dealkylation sites (N-methyl/N-ethyl adjacent to an activating group) is 1. The summed E-state index contributed by atoms with van der Waals surface area (Å²) in [4.78, 5) is 0. The van der Waals surface area contributed by atoms with Gasteiger partial charge in [0.15, 0.2) is 0 Å². The number of fused-ring (bicyclic) bond motifs is 1. The lowest BCUT2D eigenvalue weighted by atomic mass is 9.82. The molecule has 0 aromatic rings. The highest BCUT2D eigenvalue weighted by atomic mass is 31.2. The zero-order valence-corrected chi connectivity index (χ0v) is 14.5. The number of ether oxygens (including phenoxy) is 1. The van der Waals surface area contributed by atoms with Crippen molar-refractivity contribution in [1.82, 2.24) is 4.67 Å². The number of rotatable bonds is 3. The Labute approximate surface area is 131 Å². The molecule has 1 saturated carbocycles. The highest BCUT2D eigenvalue weighted by molar-refractivity contribution is 7.45. The zero-order valence-electron chi connectivity index (χ0n) is 13.6. The minimum Gasteiger partial charge on any atom is -0.382 e. The van der Waals surface area contributed by atoms with Crippen molar-refractivity contribution in [1.29, 1.82) is 0 Å². The SMILES string of the molecule is [B][C@@H]1O[C@H](CC)[C@H](O[P@@]2O[C@@]3(C)CCCC[C@@H]3N2C)C1C. The second kappa shape index (κ2) is 6.09. The Morgan fingerprint density at radius 2 is 2.19 bits per heavy atom. The molecule has 0 spiro atoms. The van der Waals surface area contributed by atoms with Gasteiger partial charge in [-0.15, -0.1) is 0 Å². The molecule has 21 heavy (non-hydrogen) atoms. The molecule has 1 unspecified atom stereocenters. The third-order valence-corrected chi connectivity index (χ3v) is 7.24. The largest absolute Gasteiger partial charge is 0.382 e. The highest BCUT2D eigenvalue weighted by Gasteiger charge is 2.53.